The summed E-state index contributed by atoms with van der Waals surface area (Å²) in [5.41, 5.74) is -5.59. The number of carbonyl (C=O) groups is 3. The van der Waals surface area contributed by atoms with Crippen LogP contribution in [0, 0.1) is 5.92 Å². The summed E-state index contributed by atoms with van der Waals surface area (Å²) in [7, 11) is 0. The fourth-order valence-electron chi connectivity index (χ4n) is 6.12. The highest BCUT2D eigenvalue weighted by molar-refractivity contribution is 5.67. The van der Waals surface area contributed by atoms with Crippen LogP contribution in [0.15, 0.2) is 0 Å². The Bertz CT molecular complexity index is 1960. The van der Waals surface area contributed by atoms with Crippen molar-refractivity contribution in [2.24, 2.45) is 5.92 Å². The molecule has 464 valence electrons. The number of carbonyl (C=O) groups excluding carboxylic acids is 1. The number of rotatable bonds is 32. The van der Waals surface area contributed by atoms with Crippen molar-refractivity contribution in [1.82, 2.24) is 16.0 Å². The number of unbranched alkanes of at least 4 members (excludes halogenated alkanes) is 1. The summed E-state index contributed by atoms with van der Waals surface area (Å²) in [4.78, 5) is 34.5. The molecule has 1 atom stereocenters. The highest BCUT2D eigenvalue weighted by atomic mass is 19.4. The molecule has 0 aliphatic carbocycles. The van der Waals surface area contributed by atoms with Gasteiger partial charge >= 0.3 is 126 Å². The Morgan fingerprint density at radius 3 is 1.01 bits per heavy atom. The molecule has 45 heteroatoms. The fraction of sp³-hybridized carbons (Fsp3) is 0.909. The number of hydrogen-bond donors (Lipinski definition) is 5. The van der Waals surface area contributed by atoms with Crippen LogP contribution in [0.1, 0.15) is 44.9 Å². The minimum atomic E-state index is -8.81. The van der Waals surface area contributed by atoms with Crippen LogP contribution in [0.4, 0.5) is 172 Å². The number of nitrogens with one attached hydrogen (secondary N) is 3. The Labute approximate surface area is 406 Å². The third-order valence-electron chi connectivity index (χ3n) is 10.6. The van der Waals surface area contributed by atoms with Crippen molar-refractivity contribution in [3.05, 3.63) is 0 Å². The average molecular weight is 1250 g/mol. The van der Waals surface area contributed by atoms with Gasteiger partial charge in [0.1, 0.15) is 0 Å². The normalized spacial score (nSPS) is 15.7. The predicted octanol–water partition coefficient (Wildman–Crippen LogP) is 13.7. The van der Waals surface area contributed by atoms with Crippen molar-refractivity contribution in [3.63, 3.8) is 0 Å². The van der Waals surface area contributed by atoms with E-state index in [1.807, 2.05) is 0 Å². The second-order valence-corrected chi connectivity index (χ2v) is 16.2. The van der Waals surface area contributed by atoms with Crippen molar-refractivity contribution in [3.8, 4) is 0 Å². The van der Waals surface area contributed by atoms with E-state index in [2.05, 4.69) is 4.74 Å². The standard InChI is InChI=1S/C33H29F36N3O6/c34-12(35)22(46,47)28(58,59)31(64,65)25(52,53)19(40,41)8-18(72-16(75)76,9-20(42,43)26(54,55)32(66,67)29(60,61)23(48,49)13(36)37)5-4-11(3-1-2-6-70-15(73)74)7-71-17(77)78-10-21(44,45)27(56,57)33(68,69)30(62,63)24(50,51)14(38)39/h11-14,70,72H,1-10H2,(H,71,77)(H,73,74)(H,75,76). The summed E-state index contributed by atoms with van der Waals surface area (Å²) in [6.07, 6.45) is -44.4. The average Bonchev–Trinajstić information content (AvgIpc) is 3.24. The molecule has 0 fully saturated rings. The highest BCUT2D eigenvalue weighted by Gasteiger charge is 2.91. The molecule has 0 bridgehead atoms. The zero-order chi connectivity index (χ0) is 62.9. The first kappa shape index (κ1) is 73.3. The number of alkyl carbamates (subject to hydrolysis) is 1. The molecule has 0 aromatic rings. The predicted molar refractivity (Wildman–Crippen MR) is 177 cm³/mol. The van der Waals surface area contributed by atoms with Crippen LogP contribution < -0.4 is 16.0 Å². The second kappa shape index (κ2) is 23.0. The number of carboxylic acid groups (broad SMARTS) is 2. The molecule has 0 heterocycles. The Morgan fingerprint density at radius 1 is 0.397 bits per heavy atom. The lowest BCUT2D eigenvalue weighted by atomic mass is 9.75. The van der Waals surface area contributed by atoms with Crippen LogP contribution in [-0.4, -0.2) is 162 Å². The summed E-state index contributed by atoms with van der Waals surface area (Å²) in [5, 5.41) is 20.2. The van der Waals surface area contributed by atoms with Gasteiger partial charge in [-0.1, -0.05) is 6.42 Å². The lowest BCUT2D eigenvalue weighted by Crippen LogP contribution is -2.71. The first-order valence-electron chi connectivity index (χ1n) is 19.5. The Balaban J connectivity index is 8.02. The molecule has 0 aromatic carbocycles. The summed E-state index contributed by atoms with van der Waals surface area (Å²) < 4.78 is 505. The van der Waals surface area contributed by atoms with E-state index in [0.717, 1.165) is 5.32 Å². The quantitative estimate of drug-likeness (QED) is 0.0336. The van der Waals surface area contributed by atoms with Crippen LogP contribution in [0.5, 0.6) is 0 Å². The molecule has 0 rings (SSSR count). The Morgan fingerprint density at radius 2 is 0.718 bits per heavy atom. The summed E-state index contributed by atoms with van der Waals surface area (Å²) >= 11 is 0. The van der Waals surface area contributed by atoms with Crippen LogP contribution >= 0.6 is 0 Å². The van der Waals surface area contributed by atoms with E-state index in [4.69, 9.17) is 5.11 Å². The van der Waals surface area contributed by atoms with Crippen molar-refractivity contribution in [2.75, 3.05) is 19.7 Å². The monoisotopic (exact) mass is 1250 g/mol. The third-order valence-corrected chi connectivity index (χ3v) is 10.6. The summed E-state index contributed by atoms with van der Waals surface area (Å²) in [6, 6.07) is 0. The SMILES string of the molecule is O=C(O)NCCCCC(CCC(CC(F)(F)C(F)(F)C(F)(F)C(F)(F)C(F)(F)C(F)F)(CC(F)(F)C(F)(F)C(F)(F)C(F)(F)C(F)(F)C(F)F)NC(=O)O)CNC(=O)OCC(F)(F)C(F)(F)C(F)(F)C(F)(F)C(F)(F)C(F)F. The number of alkyl halides is 36. The van der Waals surface area contributed by atoms with E-state index in [-0.39, 0.29) is 5.32 Å². The molecule has 78 heavy (non-hydrogen) atoms. The van der Waals surface area contributed by atoms with Gasteiger partial charge in [-0.05, 0) is 31.6 Å². The molecular weight excluding hydrogens is 1220 g/mol. The fourth-order valence-corrected chi connectivity index (χ4v) is 6.12. The first-order chi connectivity index (χ1) is 34.0. The van der Waals surface area contributed by atoms with Crippen LogP contribution in [-0.2, 0) is 4.74 Å². The smallest absolute Gasteiger partial charge is 0.407 e. The zero-order valence-electron chi connectivity index (χ0n) is 36.5. The minimum absolute atomic E-state index is 0.0307. The van der Waals surface area contributed by atoms with Crippen molar-refractivity contribution >= 4 is 18.3 Å². The molecule has 0 saturated heterocycles. The minimum Gasteiger partial charge on any atom is -0.465 e. The molecule has 9 nitrogen and oxygen atoms in total. The lowest BCUT2D eigenvalue weighted by Gasteiger charge is -2.45. The number of amides is 3. The lowest BCUT2D eigenvalue weighted by molar-refractivity contribution is -0.418. The first-order valence-corrected chi connectivity index (χ1v) is 19.5. The van der Waals surface area contributed by atoms with Gasteiger partial charge in [0.2, 0.25) is 0 Å². The Kier molecular flexibility index (Phi) is 21.6. The van der Waals surface area contributed by atoms with Gasteiger partial charge in [0.15, 0.2) is 6.61 Å². The number of hydrogen-bond acceptors (Lipinski definition) is 4. The van der Waals surface area contributed by atoms with Gasteiger partial charge in [-0.25, -0.2) is 40.7 Å². The number of ether oxygens (including phenoxy) is 1. The molecule has 1 unspecified atom stereocenters. The van der Waals surface area contributed by atoms with Gasteiger partial charge in [-0.3, -0.25) is 0 Å². The van der Waals surface area contributed by atoms with Crippen LogP contribution in [0.25, 0.3) is 0 Å². The van der Waals surface area contributed by atoms with E-state index in [0.29, 0.717) is 0 Å². The van der Waals surface area contributed by atoms with Gasteiger partial charge in [-0.15, -0.1) is 0 Å². The van der Waals surface area contributed by atoms with E-state index >= 15 is 17.6 Å². The molecule has 0 aliphatic rings. The molecule has 0 aliphatic heterocycles. The van der Waals surface area contributed by atoms with Crippen molar-refractivity contribution in [2.45, 2.75) is 159 Å². The van der Waals surface area contributed by atoms with E-state index in [1.54, 1.807) is 0 Å². The maximum Gasteiger partial charge on any atom is 0.407 e. The second-order valence-electron chi connectivity index (χ2n) is 16.2. The molecular formula is C33H29F36N3O6. The maximum atomic E-state index is 15.4. The van der Waals surface area contributed by atoms with E-state index < -0.39 is 202 Å². The van der Waals surface area contributed by atoms with Gasteiger partial charge in [0.05, 0.1) is 5.54 Å². The largest absolute Gasteiger partial charge is 0.465 e. The molecule has 3 amide bonds. The molecule has 0 saturated carbocycles. The molecule has 5 N–H and O–H groups in total. The summed E-state index contributed by atoms with van der Waals surface area (Å²) in [6.45, 7) is -6.61. The van der Waals surface area contributed by atoms with Gasteiger partial charge in [-0.2, -0.15) is 132 Å². The van der Waals surface area contributed by atoms with Crippen LogP contribution in [0.2, 0.25) is 0 Å². The highest BCUT2D eigenvalue weighted by Crippen LogP contribution is 2.63. The third kappa shape index (κ3) is 13.2. The maximum absolute atomic E-state index is 15.4. The molecule has 0 spiro atoms. The topological polar surface area (TPSA) is 137 Å². The van der Waals surface area contributed by atoms with Crippen molar-refractivity contribution < 1.29 is 187 Å². The molecule has 0 radical (unpaired) electrons. The van der Waals surface area contributed by atoms with Crippen LogP contribution in [0.3, 0.4) is 0 Å². The zero-order valence-corrected chi connectivity index (χ0v) is 36.5. The van der Waals surface area contributed by atoms with E-state index in [9.17, 15) is 160 Å². The summed E-state index contributed by atoms with van der Waals surface area (Å²) in [5.74, 6) is -126. The van der Waals surface area contributed by atoms with Gasteiger partial charge in [0, 0.05) is 25.9 Å². The Hall–Kier alpha value is -4.71. The van der Waals surface area contributed by atoms with Gasteiger partial charge < -0.3 is 30.9 Å². The van der Waals surface area contributed by atoms with E-state index in [1.165, 1.54) is 5.32 Å². The number of halogens is 36. The molecule has 0 aromatic heterocycles. The van der Waals surface area contributed by atoms with Crippen molar-refractivity contribution in [1.29, 1.82) is 0 Å². The van der Waals surface area contributed by atoms with Gasteiger partial charge in [0.25, 0.3) is 0 Å².